The van der Waals surface area contributed by atoms with Gasteiger partial charge in [-0.05, 0) is 99.2 Å². The summed E-state index contributed by atoms with van der Waals surface area (Å²) in [5, 5.41) is 0. The lowest BCUT2D eigenvalue weighted by Crippen LogP contribution is -2.08. The third-order valence-electron chi connectivity index (χ3n) is 6.64. The first-order valence-electron chi connectivity index (χ1n) is 14.7. The van der Waals surface area contributed by atoms with Crippen LogP contribution in [0.3, 0.4) is 0 Å². The molecule has 0 N–H and O–H groups in total. The van der Waals surface area contributed by atoms with Crippen molar-refractivity contribution in [3.05, 3.63) is 156 Å². The fourth-order valence-corrected chi connectivity index (χ4v) is 3.70. The van der Waals surface area contributed by atoms with E-state index < -0.39 is 17.9 Å². The molecule has 2 rings (SSSR count). The van der Waals surface area contributed by atoms with Crippen LogP contribution < -0.4 is 9.47 Å². The van der Waals surface area contributed by atoms with Crippen molar-refractivity contribution in [2.24, 2.45) is 0 Å². The van der Waals surface area contributed by atoms with Crippen LogP contribution in [-0.2, 0) is 19.1 Å². The highest BCUT2D eigenvalue weighted by molar-refractivity contribution is 5.90. The van der Waals surface area contributed by atoms with E-state index in [2.05, 4.69) is 26.3 Å². The summed E-state index contributed by atoms with van der Waals surface area (Å²) in [6.07, 6.45) is 11.4. The molecule has 238 valence electrons. The van der Waals surface area contributed by atoms with Crippen LogP contribution in [0.25, 0.3) is 11.6 Å². The zero-order chi connectivity index (χ0) is 34.4. The van der Waals surface area contributed by atoms with Crippen LogP contribution in [0.5, 0.6) is 11.5 Å². The minimum absolute atomic E-state index is 0.309. The third-order valence-corrected chi connectivity index (χ3v) is 6.64. The molecule has 0 spiro atoms. The summed E-state index contributed by atoms with van der Waals surface area (Å²) < 4.78 is 16.4. The topological polar surface area (TPSA) is 78.9 Å². The third kappa shape index (κ3) is 11.5. The standard InChI is InChI=1S/C40H42O6/c1-11-29(8)40(43)46-37(25-31(10)33-19-23-35(24-20-33)45-39(42)27(5)6)36(12-2)30(9)15-13-28(7)14-16-32-17-21-34(22-18-32)44-38(41)26(3)4/h11,13-25H,3,5,7,9,12H2,1-2,4,6,8,10H3/b15-13-,16-14+,29-11-,31-25+,37-36-. The van der Waals surface area contributed by atoms with E-state index in [0.29, 0.717) is 46.0 Å². The number of carbonyl (C=O) groups is 3. The smallest absolute Gasteiger partial charge is 0.338 e. The van der Waals surface area contributed by atoms with Gasteiger partial charge in [0.15, 0.2) is 0 Å². The van der Waals surface area contributed by atoms with Crippen LogP contribution in [0, 0.1) is 0 Å². The highest BCUT2D eigenvalue weighted by Crippen LogP contribution is 2.27. The Morgan fingerprint density at radius 1 is 0.717 bits per heavy atom. The van der Waals surface area contributed by atoms with Crippen LogP contribution in [-0.4, -0.2) is 17.9 Å². The molecule has 0 unspecified atom stereocenters. The molecular formula is C40H42O6. The number of hydrogen-bond donors (Lipinski definition) is 0. The Labute approximate surface area is 272 Å². The van der Waals surface area contributed by atoms with Gasteiger partial charge in [0.2, 0.25) is 0 Å². The van der Waals surface area contributed by atoms with Crippen molar-refractivity contribution in [3.63, 3.8) is 0 Å². The van der Waals surface area contributed by atoms with Gasteiger partial charge in [0.25, 0.3) is 0 Å². The van der Waals surface area contributed by atoms with E-state index in [1.165, 1.54) is 0 Å². The summed E-state index contributed by atoms with van der Waals surface area (Å²) >= 11 is 0. The molecule has 0 aliphatic rings. The zero-order valence-electron chi connectivity index (χ0n) is 27.6. The summed E-state index contributed by atoms with van der Waals surface area (Å²) in [7, 11) is 0. The molecule has 6 nitrogen and oxygen atoms in total. The molecule has 0 bridgehead atoms. The minimum Gasteiger partial charge on any atom is -0.423 e. The van der Waals surface area contributed by atoms with E-state index in [9.17, 15) is 14.4 Å². The molecule has 0 saturated heterocycles. The van der Waals surface area contributed by atoms with E-state index >= 15 is 0 Å². The van der Waals surface area contributed by atoms with E-state index in [4.69, 9.17) is 14.2 Å². The van der Waals surface area contributed by atoms with E-state index in [1.807, 2.05) is 62.4 Å². The summed E-state index contributed by atoms with van der Waals surface area (Å²) in [6, 6.07) is 14.1. The number of allylic oxidation sites excluding steroid dienone is 9. The van der Waals surface area contributed by atoms with Crippen molar-refractivity contribution in [1.29, 1.82) is 0 Å². The molecule has 2 aromatic carbocycles. The molecule has 0 fully saturated rings. The van der Waals surface area contributed by atoms with Gasteiger partial charge in [-0.1, -0.05) is 87.9 Å². The van der Waals surface area contributed by atoms with Crippen molar-refractivity contribution < 1.29 is 28.6 Å². The minimum atomic E-state index is -0.494. The van der Waals surface area contributed by atoms with Gasteiger partial charge in [0.05, 0.1) is 0 Å². The molecule has 0 aliphatic carbocycles. The van der Waals surface area contributed by atoms with Crippen LogP contribution in [0.2, 0.25) is 0 Å². The Morgan fingerprint density at radius 2 is 1.24 bits per heavy atom. The molecule has 2 aromatic rings. The van der Waals surface area contributed by atoms with Gasteiger partial charge in [-0.25, -0.2) is 14.4 Å². The number of hydrogen-bond acceptors (Lipinski definition) is 6. The predicted molar refractivity (Wildman–Crippen MR) is 187 cm³/mol. The fourth-order valence-electron chi connectivity index (χ4n) is 3.70. The lowest BCUT2D eigenvalue weighted by Gasteiger charge is -2.14. The second kappa shape index (κ2) is 17.7. The molecular weight excluding hydrogens is 576 g/mol. The van der Waals surface area contributed by atoms with Crippen molar-refractivity contribution in [3.8, 4) is 11.5 Å². The molecule has 0 radical (unpaired) electrons. The van der Waals surface area contributed by atoms with Crippen LogP contribution >= 0.6 is 0 Å². The van der Waals surface area contributed by atoms with Crippen molar-refractivity contribution in [2.75, 3.05) is 0 Å². The van der Waals surface area contributed by atoms with Gasteiger partial charge in [0, 0.05) is 22.3 Å². The summed E-state index contributed by atoms with van der Waals surface area (Å²) in [4.78, 5) is 36.4. The first kappa shape index (κ1) is 36.7. The predicted octanol–water partition coefficient (Wildman–Crippen LogP) is 9.61. The highest BCUT2D eigenvalue weighted by atomic mass is 16.5. The quantitative estimate of drug-likeness (QED) is 0.0690. The Morgan fingerprint density at radius 3 is 1.72 bits per heavy atom. The second-order valence-electron chi connectivity index (χ2n) is 10.6. The average molecular weight is 619 g/mol. The average Bonchev–Trinajstić information content (AvgIpc) is 3.03. The Balaban J connectivity index is 2.31. The molecule has 0 saturated carbocycles. The number of rotatable bonds is 14. The fraction of sp³-hybridized carbons (Fsp3) is 0.175. The van der Waals surface area contributed by atoms with Gasteiger partial charge < -0.3 is 14.2 Å². The second-order valence-corrected chi connectivity index (χ2v) is 10.6. The number of esters is 3. The maximum atomic E-state index is 12.8. The molecule has 46 heavy (non-hydrogen) atoms. The number of carbonyl (C=O) groups excluding carboxylic acids is 3. The lowest BCUT2D eigenvalue weighted by atomic mass is 9.99. The molecule has 0 atom stereocenters. The summed E-state index contributed by atoms with van der Waals surface area (Å²) in [6.45, 7) is 26.0. The van der Waals surface area contributed by atoms with E-state index in [0.717, 1.165) is 27.8 Å². The Bertz CT molecular complexity index is 1670. The van der Waals surface area contributed by atoms with Crippen LogP contribution in [0.15, 0.2) is 144 Å². The zero-order valence-corrected chi connectivity index (χ0v) is 27.6. The lowest BCUT2D eigenvalue weighted by molar-refractivity contribution is -0.134. The number of ether oxygens (including phenoxy) is 3. The summed E-state index contributed by atoms with van der Waals surface area (Å²) in [5.41, 5.74) is 5.82. The van der Waals surface area contributed by atoms with Crippen LogP contribution in [0.1, 0.15) is 59.1 Å². The van der Waals surface area contributed by atoms with Gasteiger partial charge in [0.1, 0.15) is 17.3 Å². The molecule has 0 aromatic heterocycles. The first-order valence-corrected chi connectivity index (χ1v) is 14.7. The SMILES string of the molecule is C=C(/C=C\C(=C)/C(CC)=C(/C=C(\C)c1ccc(OC(=O)C(=C)C)cc1)OC(=O)/C(C)=C\C)/C=C/c1ccc(OC(=O)C(=C)C)cc1. The van der Waals surface area contributed by atoms with Gasteiger partial charge in [-0.2, -0.15) is 0 Å². The van der Waals surface area contributed by atoms with Gasteiger partial charge in [-0.15, -0.1) is 0 Å². The van der Waals surface area contributed by atoms with Gasteiger partial charge >= 0.3 is 17.9 Å². The van der Waals surface area contributed by atoms with E-state index in [-0.39, 0.29) is 0 Å². The summed E-state index contributed by atoms with van der Waals surface area (Å²) in [5.74, 6) is -0.206. The molecule has 0 heterocycles. The van der Waals surface area contributed by atoms with Crippen molar-refractivity contribution in [1.82, 2.24) is 0 Å². The molecule has 0 aliphatic heterocycles. The maximum Gasteiger partial charge on any atom is 0.338 e. The van der Waals surface area contributed by atoms with E-state index in [1.54, 1.807) is 64.1 Å². The molecule has 0 amide bonds. The highest BCUT2D eigenvalue weighted by Gasteiger charge is 2.14. The Hall–Kier alpha value is -5.49. The Kier molecular flexibility index (Phi) is 14.1. The van der Waals surface area contributed by atoms with Crippen molar-refractivity contribution >= 4 is 29.6 Å². The number of benzene rings is 2. The normalized spacial score (nSPS) is 12.4. The van der Waals surface area contributed by atoms with Gasteiger partial charge in [-0.3, -0.25) is 0 Å². The van der Waals surface area contributed by atoms with Crippen LogP contribution in [0.4, 0.5) is 0 Å². The monoisotopic (exact) mass is 618 g/mol. The van der Waals surface area contributed by atoms with Crippen molar-refractivity contribution in [2.45, 2.75) is 48.0 Å². The maximum absolute atomic E-state index is 12.8. The largest absolute Gasteiger partial charge is 0.423 e. The molecule has 6 heteroatoms. The first-order chi connectivity index (χ1) is 21.7.